The SMILES string of the molecule is CC1(C)CC(C)(C)C(C)(C)C(C)(C)[Si](C)(C)CC1(C)C. The quantitative estimate of drug-likeness (QED) is 0.423. The Morgan fingerprint density at radius 3 is 1.40 bits per heavy atom. The molecule has 120 valence electrons. The molecule has 1 rings (SSSR count). The lowest BCUT2D eigenvalue weighted by atomic mass is 9.53. The van der Waals surface area contributed by atoms with Crippen LogP contribution in [0.1, 0.15) is 75.7 Å². The van der Waals surface area contributed by atoms with Crippen molar-refractivity contribution >= 4 is 8.07 Å². The molecule has 1 aliphatic heterocycles. The first-order chi connectivity index (χ1) is 8.41. The molecule has 0 radical (unpaired) electrons. The maximum atomic E-state index is 2.63. The van der Waals surface area contributed by atoms with Gasteiger partial charge in [0, 0.05) is 0 Å². The molecule has 0 saturated carbocycles. The molecule has 0 N–H and O–H groups in total. The minimum atomic E-state index is -1.35. The Hall–Kier alpha value is 0.217. The van der Waals surface area contributed by atoms with Crippen LogP contribution < -0.4 is 0 Å². The van der Waals surface area contributed by atoms with E-state index in [1.165, 1.54) is 12.5 Å². The Bertz CT molecular complexity index is 343. The minimum absolute atomic E-state index is 0.363. The standard InChI is InChI=1S/C19H40Si/c1-15(2)13-16(3,4)18(7,8)19(9,10)20(11,12)14-17(15,5)6/h13-14H2,1-12H3. The molecule has 0 aromatic carbocycles. The third-order valence-corrected chi connectivity index (χ3v) is 14.3. The van der Waals surface area contributed by atoms with Gasteiger partial charge in [-0.2, -0.15) is 0 Å². The summed E-state index contributed by atoms with van der Waals surface area (Å²) in [5, 5.41) is 0.442. The third-order valence-electron chi connectivity index (χ3n) is 8.55. The fourth-order valence-corrected chi connectivity index (χ4v) is 9.98. The molecule has 0 bridgehead atoms. The Morgan fingerprint density at radius 2 is 1.00 bits per heavy atom. The molecule has 0 amide bonds. The Kier molecular flexibility index (Phi) is 3.99. The predicted octanol–water partition coefficient (Wildman–Crippen LogP) is 6.98. The summed E-state index contributed by atoms with van der Waals surface area (Å²) in [6.07, 6.45) is 1.31. The molecule has 0 aliphatic carbocycles. The van der Waals surface area contributed by atoms with Crippen molar-refractivity contribution in [3.63, 3.8) is 0 Å². The van der Waals surface area contributed by atoms with Crippen LogP contribution in [0.3, 0.4) is 0 Å². The van der Waals surface area contributed by atoms with Crippen molar-refractivity contribution in [2.45, 2.75) is 99.8 Å². The Labute approximate surface area is 130 Å². The highest BCUT2D eigenvalue weighted by molar-refractivity contribution is 6.80. The fourth-order valence-electron chi connectivity index (χ4n) is 4.82. The molecule has 0 atom stereocenters. The van der Waals surface area contributed by atoms with Gasteiger partial charge in [0.1, 0.15) is 0 Å². The van der Waals surface area contributed by atoms with Crippen molar-refractivity contribution < 1.29 is 0 Å². The molecule has 1 heterocycles. The van der Waals surface area contributed by atoms with E-state index < -0.39 is 8.07 Å². The van der Waals surface area contributed by atoms with Crippen LogP contribution in [-0.4, -0.2) is 8.07 Å². The summed E-state index contributed by atoms with van der Waals surface area (Å²) in [6, 6.07) is 1.43. The monoisotopic (exact) mass is 296 g/mol. The second-order valence-electron chi connectivity index (χ2n) is 11.1. The summed E-state index contributed by atoms with van der Waals surface area (Å²) >= 11 is 0. The van der Waals surface area contributed by atoms with Gasteiger partial charge in [0.25, 0.3) is 0 Å². The van der Waals surface area contributed by atoms with Crippen LogP contribution in [0.5, 0.6) is 0 Å². The van der Waals surface area contributed by atoms with Crippen molar-refractivity contribution in [1.29, 1.82) is 0 Å². The molecule has 0 aromatic rings. The van der Waals surface area contributed by atoms with Crippen LogP contribution in [0.25, 0.3) is 0 Å². The van der Waals surface area contributed by atoms with E-state index in [1.807, 2.05) is 0 Å². The van der Waals surface area contributed by atoms with Gasteiger partial charge in [-0.05, 0) is 33.1 Å². The van der Waals surface area contributed by atoms with Crippen molar-refractivity contribution in [1.82, 2.24) is 0 Å². The average Bonchev–Trinajstić information content (AvgIpc) is 2.11. The molecular formula is C19H40Si. The second kappa shape index (κ2) is 4.37. The normalized spacial score (nSPS) is 33.0. The smallest absolute Gasteiger partial charge is 0.0541 e. The van der Waals surface area contributed by atoms with Crippen molar-refractivity contribution in [2.24, 2.45) is 21.7 Å². The zero-order valence-corrected chi connectivity index (χ0v) is 17.4. The van der Waals surface area contributed by atoms with Gasteiger partial charge in [-0.1, -0.05) is 88.4 Å². The first-order valence-electron chi connectivity index (χ1n) is 8.41. The molecule has 1 fully saturated rings. The summed E-state index contributed by atoms with van der Waals surface area (Å²) in [4.78, 5) is 0. The van der Waals surface area contributed by atoms with E-state index in [2.05, 4.69) is 82.3 Å². The van der Waals surface area contributed by atoms with Gasteiger partial charge in [-0.25, -0.2) is 0 Å². The van der Waals surface area contributed by atoms with E-state index >= 15 is 0 Å². The first kappa shape index (κ1) is 18.3. The van der Waals surface area contributed by atoms with Crippen LogP contribution in [0.15, 0.2) is 0 Å². The van der Waals surface area contributed by atoms with Crippen LogP contribution in [0.2, 0.25) is 24.2 Å². The summed E-state index contributed by atoms with van der Waals surface area (Å²) < 4.78 is 0. The zero-order chi connectivity index (χ0) is 16.4. The van der Waals surface area contributed by atoms with Crippen LogP contribution in [0, 0.1) is 21.7 Å². The van der Waals surface area contributed by atoms with Crippen molar-refractivity contribution in [3.05, 3.63) is 0 Å². The molecule has 0 nitrogen and oxygen atoms in total. The van der Waals surface area contributed by atoms with Crippen molar-refractivity contribution in [3.8, 4) is 0 Å². The van der Waals surface area contributed by atoms with E-state index in [-0.39, 0.29) is 0 Å². The predicted molar refractivity (Wildman–Crippen MR) is 96.1 cm³/mol. The average molecular weight is 297 g/mol. The van der Waals surface area contributed by atoms with Gasteiger partial charge in [0.2, 0.25) is 0 Å². The molecule has 0 aromatic heterocycles. The largest absolute Gasteiger partial charge is 0.0689 e. The zero-order valence-electron chi connectivity index (χ0n) is 16.4. The molecule has 20 heavy (non-hydrogen) atoms. The lowest BCUT2D eigenvalue weighted by molar-refractivity contribution is -0.0303. The maximum Gasteiger partial charge on any atom is 0.0541 e. The molecule has 0 spiro atoms. The highest BCUT2D eigenvalue weighted by Gasteiger charge is 2.60. The lowest BCUT2D eigenvalue weighted by Gasteiger charge is -2.65. The number of hydrogen-bond donors (Lipinski definition) is 0. The van der Waals surface area contributed by atoms with E-state index in [4.69, 9.17) is 0 Å². The van der Waals surface area contributed by atoms with E-state index in [0.29, 0.717) is 26.7 Å². The maximum absolute atomic E-state index is 2.63. The molecule has 0 unspecified atom stereocenters. The summed E-state index contributed by atoms with van der Waals surface area (Å²) in [6.45, 7) is 30.6. The van der Waals surface area contributed by atoms with Gasteiger partial charge in [-0.3, -0.25) is 0 Å². The highest BCUT2D eigenvalue weighted by Crippen LogP contribution is 2.68. The Morgan fingerprint density at radius 1 is 0.600 bits per heavy atom. The topological polar surface area (TPSA) is 0 Å². The highest BCUT2D eigenvalue weighted by atomic mass is 28.3. The van der Waals surface area contributed by atoms with E-state index in [1.54, 1.807) is 0 Å². The number of hydrogen-bond acceptors (Lipinski definition) is 0. The summed E-state index contributed by atoms with van der Waals surface area (Å²) in [7, 11) is -1.35. The molecule has 1 aliphatic rings. The van der Waals surface area contributed by atoms with E-state index in [0.717, 1.165) is 0 Å². The molecular weight excluding hydrogens is 256 g/mol. The second-order valence-corrected chi connectivity index (χ2v) is 16.5. The fraction of sp³-hybridized carbons (Fsp3) is 1.00. The molecule has 1 saturated heterocycles. The summed E-state index contributed by atoms with van der Waals surface area (Å²) in [5.41, 5.74) is 1.55. The van der Waals surface area contributed by atoms with Crippen molar-refractivity contribution in [2.75, 3.05) is 0 Å². The van der Waals surface area contributed by atoms with Gasteiger partial charge < -0.3 is 0 Å². The van der Waals surface area contributed by atoms with Gasteiger partial charge in [0.05, 0.1) is 8.07 Å². The third kappa shape index (κ3) is 2.32. The molecule has 1 heteroatoms. The van der Waals surface area contributed by atoms with Crippen LogP contribution in [0.4, 0.5) is 0 Å². The minimum Gasteiger partial charge on any atom is -0.0689 e. The van der Waals surface area contributed by atoms with E-state index in [9.17, 15) is 0 Å². The van der Waals surface area contributed by atoms with Gasteiger partial charge in [0.15, 0.2) is 0 Å². The van der Waals surface area contributed by atoms with Gasteiger partial charge >= 0.3 is 0 Å². The lowest BCUT2D eigenvalue weighted by Crippen LogP contribution is -2.59. The summed E-state index contributed by atoms with van der Waals surface area (Å²) in [5.74, 6) is 0. The number of rotatable bonds is 0. The Balaban J connectivity index is 3.55. The van der Waals surface area contributed by atoms with Crippen LogP contribution >= 0.6 is 0 Å². The van der Waals surface area contributed by atoms with Gasteiger partial charge in [-0.15, -0.1) is 0 Å². The first-order valence-corrected chi connectivity index (χ1v) is 11.6. The van der Waals surface area contributed by atoms with Crippen LogP contribution in [-0.2, 0) is 0 Å².